The molecule has 1 heterocycles. The van der Waals surface area contributed by atoms with Crippen molar-refractivity contribution in [2.75, 3.05) is 11.6 Å². The van der Waals surface area contributed by atoms with Gasteiger partial charge in [0.1, 0.15) is 5.82 Å². The second kappa shape index (κ2) is 6.82. The second-order valence-corrected chi connectivity index (χ2v) is 7.69. The summed E-state index contributed by atoms with van der Waals surface area (Å²) < 4.78 is 0. The van der Waals surface area contributed by atoms with Crippen LogP contribution in [0, 0.1) is 0 Å². The molecule has 1 unspecified atom stereocenters. The highest BCUT2D eigenvalue weighted by Gasteiger charge is 2.05. The number of nitrogens with zero attached hydrogens (tertiary/aromatic N) is 1. The van der Waals surface area contributed by atoms with Gasteiger partial charge in [-0.2, -0.15) is 5.10 Å². The molecule has 102 valence electrons. The van der Waals surface area contributed by atoms with Crippen molar-refractivity contribution >= 4 is 32.1 Å². The van der Waals surface area contributed by atoms with Crippen LogP contribution in [-0.2, 0) is 32.8 Å². The molecule has 5 heteroatoms. The molecular weight excluding hydrogens is 274 g/mol. The summed E-state index contributed by atoms with van der Waals surface area (Å²) in [5, 5.41) is 10.2. The average molecular weight is 293 g/mol. The van der Waals surface area contributed by atoms with Gasteiger partial charge in [-0.3, -0.25) is 5.10 Å². The fourth-order valence-electron chi connectivity index (χ4n) is 2.05. The lowest BCUT2D eigenvalue weighted by atomic mass is 10.0. The summed E-state index contributed by atoms with van der Waals surface area (Å²) >= 11 is 5.36. The van der Waals surface area contributed by atoms with Gasteiger partial charge in [0, 0.05) is 17.5 Å². The van der Waals surface area contributed by atoms with Crippen molar-refractivity contribution in [3.05, 3.63) is 41.6 Å². The summed E-state index contributed by atoms with van der Waals surface area (Å²) in [5.41, 5.74) is 3.87. The molecule has 19 heavy (non-hydrogen) atoms. The Morgan fingerprint density at radius 3 is 2.79 bits per heavy atom. The van der Waals surface area contributed by atoms with E-state index in [1.807, 2.05) is 6.07 Å². The van der Waals surface area contributed by atoms with Gasteiger partial charge in [-0.25, -0.2) is 0 Å². The molecule has 0 bridgehead atoms. The SMILES string of the molecule is CCCc1ccc(Nc2ccn[nH]2)cc1CS(C)=S. The van der Waals surface area contributed by atoms with E-state index in [-0.39, 0.29) is 9.45 Å². The van der Waals surface area contributed by atoms with Gasteiger partial charge in [0.05, 0.1) is 6.20 Å². The molecule has 0 fully saturated rings. The Kier molecular flexibility index (Phi) is 5.10. The number of nitrogens with one attached hydrogen (secondary N) is 2. The van der Waals surface area contributed by atoms with E-state index in [9.17, 15) is 0 Å². The Balaban J connectivity index is 2.23. The van der Waals surface area contributed by atoms with E-state index in [0.717, 1.165) is 30.1 Å². The third-order valence-corrected chi connectivity index (χ3v) is 3.94. The van der Waals surface area contributed by atoms with Crippen LogP contribution >= 0.6 is 0 Å². The van der Waals surface area contributed by atoms with Crippen molar-refractivity contribution in [1.82, 2.24) is 10.2 Å². The van der Waals surface area contributed by atoms with Crippen LogP contribution in [-0.4, -0.2) is 16.5 Å². The van der Waals surface area contributed by atoms with Crippen LogP contribution in [0.3, 0.4) is 0 Å². The standard InChI is InChI=1S/C14H19N3S2/c1-3-4-11-5-6-13(9-12(11)10-19(2)18)16-14-7-8-15-17-14/h5-9H,3-4,10H2,1-2H3,(H2,15,16,17). The Hall–Kier alpha value is -1.20. The molecule has 2 aromatic rings. The number of rotatable bonds is 6. The molecule has 0 aliphatic rings. The van der Waals surface area contributed by atoms with Crippen molar-refractivity contribution in [1.29, 1.82) is 0 Å². The summed E-state index contributed by atoms with van der Waals surface area (Å²) in [4.78, 5) is 0. The zero-order chi connectivity index (χ0) is 13.7. The number of aromatic amines is 1. The van der Waals surface area contributed by atoms with E-state index < -0.39 is 0 Å². The first-order valence-corrected chi connectivity index (χ1v) is 9.10. The van der Waals surface area contributed by atoms with Gasteiger partial charge in [0.25, 0.3) is 0 Å². The summed E-state index contributed by atoms with van der Waals surface area (Å²) in [6.07, 6.45) is 6.13. The van der Waals surface area contributed by atoms with E-state index in [1.165, 1.54) is 11.1 Å². The molecule has 2 N–H and O–H groups in total. The highest BCUT2D eigenvalue weighted by Crippen LogP contribution is 2.21. The number of hydrogen-bond acceptors (Lipinski definition) is 3. The molecule has 0 aliphatic carbocycles. The quantitative estimate of drug-likeness (QED) is 0.858. The van der Waals surface area contributed by atoms with Crippen molar-refractivity contribution in [3.63, 3.8) is 0 Å². The zero-order valence-corrected chi connectivity index (χ0v) is 12.9. The average Bonchev–Trinajstić information content (AvgIpc) is 2.85. The molecule has 3 nitrogen and oxygen atoms in total. The van der Waals surface area contributed by atoms with Crippen LogP contribution < -0.4 is 5.32 Å². The third-order valence-electron chi connectivity index (χ3n) is 2.86. The minimum absolute atomic E-state index is 0.00802. The minimum atomic E-state index is 0.00802. The highest BCUT2D eigenvalue weighted by molar-refractivity contribution is 8.28. The first kappa shape index (κ1) is 14.2. The number of hydrogen-bond donors (Lipinski definition) is 2. The number of aromatic nitrogens is 2. The van der Waals surface area contributed by atoms with Gasteiger partial charge in [-0.1, -0.05) is 30.6 Å². The lowest BCUT2D eigenvalue weighted by Crippen LogP contribution is -2.00. The fraction of sp³-hybridized carbons (Fsp3) is 0.357. The van der Waals surface area contributed by atoms with Gasteiger partial charge in [0.2, 0.25) is 0 Å². The molecule has 0 saturated heterocycles. The third kappa shape index (κ3) is 4.14. The molecule has 0 aliphatic heterocycles. The molecule has 0 spiro atoms. The first-order valence-electron chi connectivity index (χ1n) is 6.37. The smallest absolute Gasteiger partial charge is 0.125 e. The molecular formula is C14H19N3S2. The molecule has 1 aromatic heterocycles. The number of benzene rings is 1. The lowest BCUT2D eigenvalue weighted by molar-refractivity contribution is 0.911. The normalized spacial score (nSPS) is 12.3. The number of anilines is 2. The highest BCUT2D eigenvalue weighted by atomic mass is 32.8. The van der Waals surface area contributed by atoms with Crippen molar-refractivity contribution in [2.24, 2.45) is 0 Å². The molecule has 1 atom stereocenters. The summed E-state index contributed by atoms with van der Waals surface area (Å²) in [6.45, 7) is 2.21. The monoisotopic (exact) mass is 293 g/mol. The predicted molar refractivity (Wildman–Crippen MR) is 86.7 cm³/mol. The molecule has 2 rings (SSSR count). The van der Waals surface area contributed by atoms with Crippen LogP contribution in [0.2, 0.25) is 0 Å². The molecule has 0 radical (unpaired) electrons. The van der Waals surface area contributed by atoms with Crippen LogP contribution in [0.1, 0.15) is 24.5 Å². The Bertz CT molecular complexity index is 550. The fourth-order valence-corrected chi connectivity index (χ4v) is 3.14. The first-order chi connectivity index (χ1) is 9.19. The molecule has 1 aromatic carbocycles. The maximum absolute atomic E-state index is 5.36. The summed E-state index contributed by atoms with van der Waals surface area (Å²) in [5.74, 6) is 1.88. The van der Waals surface area contributed by atoms with Crippen LogP contribution in [0.5, 0.6) is 0 Å². The van der Waals surface area contributed by atoms with E-state index in [2.05, 4.69) is 46.9 Å². The largest absolute Gasteiger partial charge is 0.341 e. The Morgan fingerprint density at radius 1 is 1.32 bits per heavy atom. The van der Waals surface area contributed by atoms with Gasteiger partial charge < -0.3 is 5.32 Å². The van der Waals surface area contributed by atoms with Crippen molar-refractivity contribution in [2.45, 2.75) is 25.5 Å². The maximum atomic E-state index is 5.36. The second-order valence-electron chi connectivity index (χ2n) is 4.55. The van der Waals surface area contributed by atoms with Gasteiger partial charge in [0.15, 0.2) is 0 Å². The van der Waals surface area contributed by atoms with Crippen LogP contribution in [0.4, 0.5) is 11.5 Å². The Labute approximate surface area is 121 Å². The van der Waals surface area contributed by atoms with Crippen molar-refractivity contribution < 1.29 is 0 Å². The minimum Gasteiger partial charge on any atom is -0.341 e. The zero-order valence-electron chi connectivity index (χ0n) is 11.3. The lowest BCUT2D eigenvalue weighted by Gasteiger charge is -2.12. The van der Waals surface area contributed by atoms with E-state index >= 15 is 0 Å². The maximum Gasteiger partial charge on any atom is 0.125 e. The van der Waals surface area contributed by atoms with E-state index in [1.54, 1.807) is 6.20 Å². The summed E-state index contributed by atoms with van der Waals surface area (Å²) in [6, 6.07) is 8.45. The van der Waals surface area contributed by atoms with E-state index in [4.69, 9.17) is 11.2 Å². The number of aryl methyl sites for hydroxylation is 1. The van der Waals surface area contributed by atoms with Gasteiger partial charge in [-0.15, -0.1) is 9.45 Å². The van der Waals surface area contributed by atoms with Gasteiger partial charge in [-0.05, 0) is 35.9 Å². The number of H-pyrrole nitrogens is 1. The van der Waals surface area contributed by atoms with Crippen LogP contribution in [0.15, 0.2) is 30.5 Å². The topological polar surface area (TPSA) is 40.7 Å². The molecule has 0 saturated carbocycles. The van der Waals surface area contributed by atoms with Gasteiger partial charge >= 0.3 is 0 Å². The Morgan fingerprint density at radius 2 is 2.16 bits per heavy atom. The van der Waals surface area contributed by atoms with Crippen molar-refractivity contribution in [3.8, 4) is 0 Å². The predicted octanol–water partition coefficient (Wildman–Crippen LogP) is 3.32. The van der Waals surface area contributed by atoms with Crippen LogP contribution in [0.25, 0.3) is 0 Å². The molecule has 0 amide bonds. The summed E-state index contributed by atoms with van der Waals surface area (Å²) in [7, 11) is 0.00802. The van der Waals surface area contributed by atoms with E-state index in [0.29, 0.717) is 0 Å².